The van der Waals surface area contributed by atoms with Crippen LogP contribution in [0.3, 0.4) is 0 Å². The van der Waals surface area contributed by atoms with Gasteiger partial charge in [-0.15, -0.1) is 0 Å². The molecule has 0 radical (unpaired) electrons. The molecule has 2 rings (SSSR count). The van der Waals surface area contributed by atoms with Gasteiger partial charge in [-0.05, 0) is 18.6 Å². The van der Waals surface area contributed by atoms with Crippen molar-refractivity contribution >= 4 is 21.8 Å². The van der Waals surface area contributed by atoms with E-state index in [1.54, 1.807) is 4.90 Å². The third-order valence-electron chi connectivity index (χ3n) is 3.08. The maximum atomic E-state index is 12.8. The van der Waals surface area contributed by atoms with E-state index in [-0.39, 0.29) is 5.91 Å². The quantitative estimate of drug-likeness (QED) is 0.752. The molecule has 116 valence electrons. The zero-order chi connectivity index (χ0) is 15.5. The highest BCUT2D eigenvalue weighted by Crippen LogP contribution is 2.35. The Morgan fingerprint density at radius 2 is 2.19 bits per heavy atom. The molecule has 1 saturated heterocycles. The average molecular weight is 367 g/mol. The van der Waals surface area contributed by atoms with Gasteiger partial charge in [0.2, 0.25) is 11.8 Å². The Morgan fingerprint density at radius 3 is 2.81 bits per heavy atom. The highest BCUT2D eigenvalue weighted by Gasteiger charge is 2.38. The number of nitrogens with zero attached hydrogens (tertiary/aromatic N) is 2. The Kier molecular flexibility index (Phi) is 5.08. The second-order valence-corrected chi connectivity index (χ2v) is 5.48. The second kappa shape index (κ2) is 6.64. The number of aromatic nitrogens is 1. The molecule has 8 heteroatoms. The van der Waals surface area contributed by atoms with Gasteiger partial charge in [0.05, 0.1) is 13.1 Å². The molecule has 0 aliphatic carbocycles. The van der Waals surface area contributed by atoms with Crippen LogP contribution in [-0.4, -0.2) is 40.3 Å². The van der Waals surface area contributed by atoms with Gasteiger partial charge >= 0.3 is 6.18 Å². The first-order chi connectivity index (χ1) is 9.91. The van der Waals surface area contributed by atoms with Gasteiger partial charge in [-0.25, -0.2) is 4.98 Å². The van der Waals surface area contributed by atoms with Crippen molar-refractivity contribution in [1.29, 1.82) is 0 Å². The van der Waals surface area contributed by atoms with Gasteiger partial charge in [0, 0.05) is 17.9 Å². The fourth-order valence-electron chi connectivity index (χ4n) is 1.95. The molecule has 0 spiro atoms. The predicted molar refractivity (Wildman–Crippen MR) is 73.3 cm³/mol. The summed E-state index contributed by atoms with van der Waals surface area (Å²) >= 11 is 3.24. The van der Waals surface area contributed by atoms with Gasteiger partial charge in [0.1, 0.15) is 11.7 Å². The van der Waals surface area contributed by atoms with Crippen LogP contribution in [0.25, 0.3) is 0 Å². The lowest BCUT2D eigenvalue weighted by Crippen LogP contribution is -2.56. The van der Waals surface area contributed by atoms with Crippen LogP contribution in [0, 0.1) is 0 Å². The first-order valence-corrected chi connectivity index (χ1v) is 7.56. The number of hydrogen-bond acceptors (Lipinski definition) is 3. The van der Waals surface area contributed by atoms with Crippen molar-refractivity contribution in [3.05, 3.63) is 23.9 Å². The number of carbonyl (C=O) groups is 1. The van der Waals surface area contributed by atoms with E-state index in [1.807, 2.05) is 0 Å². The summed E-state index contributed by atoms with van der Waals surface area (Å²) in [6, 6.07) is 2.15. The number of pyridine rings is 1. The summed E-state index contributed by atoms with van der Waals surface area (Å²) in [5, 5.41) is 0.745. The van der Waals surface area contributed by atoms with Gasteiger partial charge in [-0.2, -0.15) is 13.2 Å². The van der Waals surface area contributed by atoms with E-state index < -0.39 is 23.7 Å². The topological polar surface area (TPSA) is 42.4 Å². The molecule has 1 aliphatic rings. The molecule has 21 heavy (non-hydrogen) atoms. The van der Waals surface area contributed by atoms with Crippen LogP contribution in [0.1, 0.15) is 18.4 Å². The Bertz CT molecular complexity index is 504. The standard InChI is InChI=1S/C13H14BrF3N2O2/c14-5-1-4-11(20)19-7-9(8-19)21-12-10(13(15,16)17)3-2-6-18-12/h2-3,6,9H,1,4-5,7-8H2. The van der Waals surface area contributed by atoms with Gasteiger partial charge in [0.25, 0.3) is 0 Å². The average Bonchev–Trinajstić information content (AvgIpc) is 2.39. The van der Waals surface area contributed by atoms with Gasteiger partial charge < -0.3 is 9.64 Å². The van der Waals surface area contributed by atoms with E-state index in [2.05, 4.69) is 20.9 Å². The maximum Gasteiger partial charge on any atom is 0.421 e. The van der Waals surface area contributed by atoms with Crippen LogP contribution in [-0.2, 0) is 11.0 Å². The summed E-state index contributed by atoms with van der Waals surface area (Å²) in [5.41, 5.74) is -0.894. The molecule has 0 N–H and O–H groups in total. The lowest BCUT2D eigenvalue weighted by molar-refractivity contribution is -0.145. The molecule has 0 unspecified atom stereocenters. The summed E-state index contributed by atoms with van der Waals surface area (Å²) in [4.78, 5) is 16.9. The van der Waals surface area contributed by atoms with E-state index in [0.717, 1.165) is 17.8 Å². The number of alkyl halides is 4. The third-order valence-corrected chi connectivity index (χ3v) is 3.64. The lowest BCUT2D eigenvalue weighted by atomic mass is 10.1. The van der Waals surface area contributed by atoms with Crippen molar-refractivity contribution in [2.75, 3.05) is 18.4 Å². The second-order valence-electron chi connectivity index (χ2n) is 4.68. The van der Waals surface area contributed by atoms with Crippen LogP contribution in [0.5, 0.6) is 5.88 Å². The molecule has 2 heterocycles. The molecule has 1 aliphatic heterocycles. The van der Waals surface area contributed by atoms with Crippen molar-refractivity contribution in [1.82, 2.24) is 9.88 Å². The van der Waals surface area contributed by atoms with Crippen LogP contribution in [0.15, 0.2) is 18.3 Å². The highest BCUT2D eigenvalue weighted by molar-refractivity contribution is 9.09. The first-order valence-electron chi connectivity index (χ1n) is 6.44. The minimum absolute atomic E-state index is 0.00799. The van der Waals surface area contributed by atoms with Crippen molar-refractivity contribution in [3.8, 4) is 5.88 Å². The van der Waals surface area contributed by atoms with Gasteiger partial charge in [-0.1, -0.05) is 15.9 Å². The van der Waals surface area contributed by atoms with Crippen molar-refractivity contribution in [3.63, 3.8) is 0 Å². The van der Waals surface area contributed by atoms with E-state index in [0.29, 0.717) is 19.5 Å². The Balaban J connectivity index is 1.90. The molecule has 0 aromatic carbocycles. The molecular weight excluding hydrogens is 353 g/mol. The number of rotatable bonds is 5. The van der Waals surface area contributed by atoms with E-state index in [1.165, 1.54) is 12.3 Å². The molecule has 0 atom stereocenters. The smallest absolute Gasteiger partial charge is 0.421 e. The number of amides is 1. The molecule has 1 fully saturated rings. The fraction of sp³-hybridized carbons (Fsp3) is 0.538. The van der Waals surface area contributed by atoms with Crippen LogP contribution >= 0.6 is 15.9 Å². The summed E-state index contributed by atoms with van der Waals surface area (Å²) < 4.78 is 43.6. The third kappa shape index (κ3) is 4.09. The van der Waals surface area contributed by atoms with E-state index >= 15 is 0 Å². The minimum atomic E-state index is -4.50. The van der Waals surface area contributed by atoms with Gasteiger partial charge in [-0.3, -0.25) is 4.79 Å². The predicted octanol–water partition coefficient (Wildman–Crippen LogP) is 2.87. The van der Waals surface area contributed by atoms with Crippen LogP contribution in [0.2, 0.25) is 0 Å². The normalized spacial score (nSPS) is 15.7. The number of ether oxygens (including phenoxy) is 1. The SMILES string of the molecule is O=C(CCCBr)N1CC(Oc2ncccc2C(F)(F)F)C1. The Morgan fingerprint density at radius 1 is 1.48 bits per heavy atom. The summed E-state index contributed by atoms with van der Waals surface area (Å²) in [5.74, 6) is -0.436. The first kappa shape index (κ1) is 16.1. The summed E-state index contributed by atoms with van der Waals surface area (Å²) in [6.45, 7) is 0.601. The van der Waals surface area contributed by atoms with Crippen molar-refractivity contribution < 1.29 is 22.7 Å². The Hall–Kier alpha value is -1.31. The molecule has 0 saturated carbocycles. The fourth-order valence-corrected chi connectivity index (χ4v) is 2.23. The molecular formula is C13H14BrF3N2O2. The zero-order valence-corrected chi connectivity index (χ0v) is 12.7. The minimum Gasteiger partial charge on any atom is -0.470 e. The molecule has 4 nitrogen and oxygen atoms in total. The van der Waals surface area contributed by atoms with Crippen LogP contribution < -0.4 is 4.74 Å². The van der Waals surface area contributed by atoms with E-state index in [4.69, 9.17) is 4.74 Å². The number of halogens is 4. The summed E-state index contributed by atoms with van der Waals surface area (Å²) in [6.07, 6.45) is -2.52. The zero-order valence-electron chi connectivity index (χ0n) is 11.1. The molecule has 1 aromatic rings. The van der Waals surface area contributed by atoms with Crippen molar-refractivity contribution in [2.24, 2.45) is 0 Å². The molecule has 0 bridgehead atoms. The number of carbonyl (C=O) groups excluding carboxylic acids is 1. The summed E-state index contributed by atoms with van der Waals surface area (Å²) in [7, 11) is 0. The largest absolute Gasteiger partial charge is 0.470 e. The van der Waals surface area contributed by atoms with E-state index in [9.17, 15) is 18.0 Å². The lowest BCUT2D eigenvalue weighted by Gasteiger charge is -2.39. The van der Waals surface area contributed by atoms with Crippen LogP contribution in [0.4, 0.5) is 13.2 Å². The number of likely N-dealkylation sites (tertiary alicyclic amines) is 1. The molecule has 1 aromatic heterocycles. The van der Waals surface area contributed by atoms with Gasteiger partial charge in [0.15, 0.2) is 0 Å². The monoisotopic (exact) mass is 366 g/mol. The van der Waals surface area contributed by atoms with Crippen molar-refractivity contribution in [2.45, 2.75) is 25.1 Å². The maximum absolute atomic E-state index is 12.8. The highest BCUT2D eigenvalue weighted by atomic mass is 79.9. The molecule has 1 amide bonds. The Labute approximate surface area is 128 Å². The number of hydrogen-bond donors (Lipinski definition) is 0.